The summed E-state index contributed by atoms with van der Waals surface area (Å²) in [5.41, 5.74) is 1.78. The predicted octanol–water partition coefficient (Wildman–Crippen LogP) is 5.59. The van der Waals surface area contributed by atoms with Crippen molar-refractivity contribution in [1.82, 2.24) is 4.98 Å². The van der Waals surface area contributed by atoms with Gasteiger partial charge in [-0.3, -0.25) is 20.2 Å². The van der Waals surface area contributed by atoms with Crippen molar-refractivity contribution in [3.8, 4) is 5.75 Å². The molecule has 0 bridgehead atoms. The van der Waals surface area contributed by atoms with E-state index in [0.29, 0.717) is 10.9 Å². The first-order valence-electron chi connectivity index (χ1n) is 8.73. The van der Waals surface area contributed by atoms with Crippen LogP contribution in [0, 0.1) is 17.0 Å². The van der Waals surface area contributed by atoms with E-state index in [-0.39, 0.29) is 28.8 Å². The molecule has 0 atom stereocenters. The van der Waals surface area contributed by atoms with Crippen LogP contribution < -0.4 is 10.1 Å². The lowest BCUT2D eigenvalue weighted by Crippen LogP contribution is -2.10. The second-order valence-corrected chi connectivity index (χ2v) is 7.81. The van der Waals surface area contributed by atoms with Gasteiger partial charge in [0.2, 0.25) is 0 Å². The fraction of sp³-hybridized carbons (Fsp3) is 0.100. The Morgan fingerprint density at radius 2 is 2.10 bits per heavy atom. The number of nitro benzene ring substituents is 1. The van der Waals surface area contributed by atoms with Crippen molar-refractivity contribution in [1.29, 1.82) is 0 Å². The fourth-order valence-corrected chi connectivity index (χ4v) is 3.82. The molecule has 10 heteroatoms. The van der Waals surface area contributed by atoms with Crippen LogP contribution in [0.25, 0.3) is 10.2 Å². The number of furan rings is 1. The summed E-state index contributed by atoms with van der Waals surface area (Å²) in [5, 5.41) is 14.3. The summed E-state index contributed by atoms with van der Waals surface area (Å²) < 4.78 is 12.0. The lowest BCUT2D eigenvalue weighted by atomic mass is 10.2. The number of benzene rings is 2. The van der Waals surface area contributed by atoms with Gasteiger partial charge >= 0.3 is 0 Å². The number of aryl methyl sites for hydroxylation is 1. The van der Waals surface area contributed by atoms with Gasteiger partial charge in [-0.05, 0) is 42.8 Å². The predicted molar refractivity (Wildman–Crippen MR) is 113 cm³/mol. The number of amides is 1. The number of hydrogen-bond donors (Lipinski definition) is 1. The molecule has 1 amide bonds. The highest BCUT2D eigenvalue weighted by Gasteiger charge is 2.16. The second-order valence-electron chi connectivity index (χ2n) is 6.37. The van der Waals surface area contributed by atoms with E-state index in [1.165, 1.54) is 35.6 Å². The number of hydrogen-bond acceptors (Lipinski definition) is 7. The molecule has 4 rings (SSSR count). The molecule has 0 unspecified atom stereocenters. The number of fused-ring (bicyclic) bond motifs is 1. The number of nitrogens with one attached hydrogen (secondary N) is 1. The molecule has 30 heavy (non-hydrogen) atoms. The Labute approximate surface area is 179 Å². The molecular weight excluding hydrogens is 430 g/mol. The van der Waals surface area contributed by atoms with Crippen molar-refractivity contribution < 1.29 is 18.9 Å². The molecule has 2 heterocycles. The zero-order valence-corrected chi connectivity index (χ0v) is 17.1. The summed E-state index contributed by atoms with van der Waals surface area (Å²) >= 11 is 7.38. The van der Waals surface area contributed by atoms with E-state index in [1.807, 2.05) is 25.1 Å². The first kappa shape index (κ1) is 19.9. The summed E-state index contributed by atoms with van der Waals surface area (Å²) in [7, 11) is 0. The van der Waals surface area contributed by atoms with Gasteiger partial charge in [0, 0.05) is 6.07 Å². The number of carbonyl (C=O) groups is 1. The summed E-state index contributed by atoms with van der Waals surface area (Å²) in [6.45, 7) is 1.94. The molecule has 152 valence electrons. The van der Waals surface area contributed by atoms with Crippen molar-refractivity contribution in [3.63, 3.8) is 0 Å². The van der Waals surface area contributed by atoms with Crippen molar-refractivity contribution >= 4 is 49.9 Å². The first-order chi connectivity index (χ1) is 14.4. The molecule has 0 saturated heterocycles. The van der Waals surface area contributed by atoms with Crippen molar-refractivity contribution in [3.05, 3.63) is 80.8 Å². The zero-order valence-electron chi connectivity index (χ0n) is 15.5. The van der Waals surface area contributed by atoms with Crippen LogP contribution in [0.4, 0.5) is 10.8 Å². The van der Waals surface area contributed by atoms with E-state index < -0.39 is 10.8 Å². The number of ether oxygens (including phenoxy) is 1. The third-order valence-electron chi connectivity index (χ3n) is 4.15. The Balaban J connectivity index is 1.42. The van der Waals surface area contributed by atoms with E-state index >= 15 is 0 Å². The molecule has 0 aliphatic heterocycles. The van der Waals surface area contributed by atoms with E-state index in [2.05, 4.69) is 10.3 Å². The van der Waals surface area contributed by atoms with Gasteiger partial charge in [-0.1, -0.05) is 29.0 Å². The molecule has 0 saturated carbocycles. The number of rotatable bonds is 6. The van der Waals surface area contributed by atoms with Crippen LogP contribution in [0.15, 0.2) is 52.9 Å². The van der Waals surface area contributed by atoms with Gasteiger partial charge in [0.05, 0.1) is 26.2 Å². The van der Waals surface area contributed by atoms with E-state index in [1.54, 1.807) is 6.07 Å². The molecule has 4 aromatic rings. The lowest BCUT2D eigenvalue weighted by molar-refractivity contribution is -0.384. The average Bonchev–Trinajstić information content (AvgIpc) is 3.33. The Kier molecular flexibility index (Phi) is 5.39. The van der Waals surface area contributed by atoms with Crippen LogP contribution in [0.2, 0.25) is 5.02 Å². The highest BCUT2D eigenvalue weighted by atomic mass is 35.5. The van der Waals surface area contributed by atoms with Gasteiger partial charge < -0.3 is 9.15 Å². The molecule has 1 N–H and O–H groups in total. The number of nitro groups is 1. The molecule has 2 aromatic carbocycles. The van der Waals surface area contributed by atoms with Gasteiger partial charge in [-0.15, -0.1) is 0 Å². The first-order valence-corrected chi connectivity index (χ1v) is 9.92. The third kappa shape index (κ3) is 4.27. The average molecular weight is 444 g/mol. The number of anilines is 1. The third-order valence-corrected chi connectivity index (χ3v) is 5.39. The highest BCUT2D eigenvalue weighted by Crippen LogP contribution is 2.30. The zero-order chi connectivity index (χ0) is 21.3. The SMILES string of the molecule is Cc1ccc2nc(NC(=O)c3ccc(COc4cc([N+](=O)[O-])ccc4Cl)o3)sc2c1. The highest BCUT2D eigenvalue weighted by molar-refractivity contribution is 7.22. The van der Waals surface area contributed by atoms with Gasteiger partial charge in [0.25, 0.3) is 11.6 Å². The van der Waals surface area contributed by atoms with Crippen LogP contribution in [-0.2, 0) is 6.61 Å². The van der Waals surface area contributed by atoms with E-state index in [9.17, 15) is 14.9 Å². The Morgan fingerprint density at radius 1 is 1.27 bits per heavy atom. The van der Waals surface area contributed by atoms with Crippen LogP contribution in [0.1, 0.15) is 21.9 Å². The minimum absolute atomic E-state index is 0.0470. The van der Waals surface area contributed by atoms with Crippen molar-refractivity contribution in [2.75, 3.05) is 5.32 Å². The minimum Gasteiger partial charge on any atom is -0.484 e. The maximum atomic E-state index is 12.4. The minimum atomic E-state index is -0.540. The lowest BCUT2D eigenvalue weighted by Gasteiger charge is -2.06. The summed E-state index contributed by atoms with van der Waals surface area (Å²) in [5.74, 6) is 0.167. The van der Waals surface area contributed by atoms with Gasteiger partial charge in [0.1, 0.15) is 18.1 Å². The van der Waals surface area contributed by atoms with Crippen LogP contribution in [-0.4, -0.2) is 15.8 Å². The van der Waals surface area contributed by atoms with Crippen LogP contribution in [0.5, 0.6) is 5.75 Å². The second kappa shape index (κ2) is 8.13. The number of halogens is 1. The maximum absolute atomic E-state index is 12.4. The number of thiazole rings is 1. The summed E-state index contributed by atoms with van der Waals surface area (Å²) in [4.78, 5) is 27.2. The van der Waals surface area contributed by atoms with Gasteiger partial charge in [-0.25, -0.2) is 4.98 Å². The Bertz CT molecular complexity index is 1270. The number of aromatic nitrogens is 1. The number of carbonyl (C=O) groups excluding carboxylic acids is 1. The van der Waals surface area contributed by atoms with E-state index in [0.717, 1.165) is 15.8 Å². The molecule has 0 spiro atoms. The van der Waals surface area contributed by atoms with Crippen molar-refractivity contribution in [2.24, 2.45) is 0 Å². The standard InChI is InChI=1S/C20H14ClN3O5S/c1-11-2-6-15-18(8-11)30-20(22-15)23-19(25)16-7-4-13(29-16)10-28-17-9-12(24(26)27)3-5-14(17)21/h2-9H,10H2,1H3,(H,22,23,25). The molecule has 0 aliphatic carbocycles. The molecule has 8 nitrogen and oxygen atoms in total. The van der Waals surface area contributed by atoms with Crippen molar-refractivity contribution in [2.45, 2.75) is 13.5 Å². The van der Waals surface area contributed by atoms with Crippen LogP contribution in [0.3, 0.4) is 0 Å². The maximum Gasteiger partial charge on any atom is 0.293 e. The summed E-state index contributed by atoms with van der Waals surface area (Å²) in [6.07, 6.45) is 0. The Hall–Kier alpha value is -3.43. The molecule has 0 fully saturated rings. The van der Waals surface area contributed by atoms with Crippen LogP contribution >= 0.6 is 22.9 Å². The van der Waals surface area contributed by atoms with Gasteiger partial charge in [-0.2, -0.15) is 0 Å². The Morgan fingerprint density at radius 3 is 2.90 bits per heavy atom. The smallest absolute Gasteiger partial charge is 0.293 e. The monoisotopic (exact) mass is 443 g/mol. The molecule has 2 aromatic heterocycles. The topological polar surface area (TPSA) is 108 Å². The quantitative estimate of drug-likeness (QED) is 0.307. The summed E-state index contributed by atoms with van der Waals surface area (Å²) in [6, 6.07) is 12.9. The number of non-ortho nitro benzene ring substituents is 1. The largest absolute Gasteiger partial charge is 0.484 e. The van der Waals surface area contributed by atoms with Gasteiger partial charge in [0.15, 0.2) is 10.9 Å². The molecule has 0 aliphatic rings. The number of nitrogens with zero attached hydrogens (tertiary/aromatic N) is 2. The normalized spacial score (nSPS) is 10.9. The van der Waals surface area contributed by atoms with E-state index in [4.69, 9.17) is 20.8 Å². The molecule has 0 radical (unpaired) electrons. The molecular formula is C20H14ClN3O5S. The fourth-order valence-electron chi connectivity index (χ4n) is 2.69.